The molecule has 0 aliphatic heterocycles. The van der Waals surface area contributed by atoms with E-state index in [2.05, 4.69) is 10.6 Å². The van der Waals surface area contributed by atoms with Crippen LogP contribution in [0.1, 0.15) is 34.1 Å². The number of benzene rings is 1. The molecule has 0 saturated carbocycles. The first kappa shape index (κ1) is 15.3. The molecule has 19 heavy (non-hydrogen) atoms. The highest BCUT2D eigenvalue weighted by Crippen LogP contribution is 2.16. The zero-order chi connectivity index (χ0) is 14.3. The summed E-state index contributed by atoms with van der Waals surface area (Å²) in [6, 6.07) is 7.84. The van der Waals surface area contributed by atoms with Gasteiger partial charge in [-0.2, -0.15) is 0 Å². The van der Waals surface area contributed by atoms with Gasteiger partial charge in [-0.3, -0.25) is 4.79 Å². The number of carbonyl (C=O) groups is 1. The maximum absolute atomic E-state index is 11.6. The van der Waals surface area contributed by atoms with Gasteiger partial charge >= 0.3 is 0 Å². The molecule has 1 unspecified atom stereocenters. The van der Waals surface area contributed by atoms with Gasteiger partial charge in [0.1, 0.15) is 5.75 Å². The third-order valence-corrected chi connectivity index (χ3v) is 2.70. The van der Waals surface area contributed by atoms with Crippen molar-refractivity contribution in [1.82, 2.24) is 5.32 Å². The van der Waals surface area contributed by atoms with Crippen LogP contribution in [0.3, 0.4) is 0 Å². The molecule has 0 aliphatic rings. The first-order valence-electron chi connectivity index (χ1n) is 6.81. The zero-order valence-corrected chi connectivity index (χ0v) is 12.2. The van der Waals surface area contributed by atoms with E-state index in [0.29, 0.717) is 0 Å². The predicted octanol–water partition coefficient (Wildman–Crippen LogP) is 2.80. The fourth-order valence-corrected chi connectivity index (χ4v) is 1.53. The second-order valence-corrected chi connectivity index (χ2v) is 4.92. The van der Waals surface area contributed by atoms with Gasteiger partial charge in [0.25, 0.3) is 0 Å². The summed E-state index contributed by atoms with van der Waals surface area (Å²) in [7, 11) is 0. The largest absolute Gasteiger partial charge is 0.491 e. The predicted molar refractivity (Wildman–Crippen MR) is 78.6 cm³/mol. The molecule has 1 rings (SSSR count). The van der Waals surface area contributed by atoms with Gasteiger partial charge in [0, 0.05) is 11.7 Å². The topological polar surface area (TPSA) is 50.4 Å². The van der Waals surface area contributed by atoms with E-state index in [9.17, 15) is 4.79 Å². The quantitative estimate of drug-likeness (QED) is 0.796. The van der Waals surface area contributed by atoms with Crippen LogP contribution >= 0.6 is 0 Å². The minimum atomic E-state index is 0.0110. The number of nitrogens with one attached hydrogen (secondary N) is 2. The average molecular weight is 264 g/mol. The summed E-state index contributed by atoms with van der Waals surface area (Å²) in [6.45, 7) is 8.31. The lowest BCUT2D eigenvalue weighted by atomic mass is 10.2. The normalized spacial score (nSPS) is 12.1. The van der Waals surface area contributed by atoms with Crippen LogP contribution in [0.5, 0.6) is 5.75 Å². The molecular formula is C15H24N2O2. The molecule has 4 heteroatoms. The Balaban J connectivity index is 2.39. The standard InChI is InChI=1S/C15H24N2O2/c1-5-12(4)17-15(18)10-16-13-6-8-14(9-7-13)19-11(2)3/h6-9,11-12,16H,5,10H2,1-4H3,(H,17,18). The van der Waals surface area contributed by atoms with Crippen molar-refractivity contribution >= 4 is 11.6 Å². The van der Waals surface area contributed by atoms with E-state index < -0.39 is 0 Å². The number of rotatable bonds is 7. The van der Waals surface area contributed by atoms with Crippen molar-refractivity contribution in [2.45, 2.75) is 46.3 Å². The first-order chi connectivity index (χ1) is 9.01. The number of hydrogen-bond acceptors (Lipinski definition) is 3. The van der Waals surface area contributed by atoms with Gasteiger partial charge in [0.15, 0.2) is 0 Å². The Morgan fingerprint density at radius 2 is 1.84 bits per heavy atom. The van der Waals surface area contributed by atoms with Gasteiger partial charge in [0.2, 0.25) is 5.91 Å². The molecule has 1 aromatic carbocycles. The second kappa shape index (κ2) is 7.67. The van der Waals surface area contributed by atoms with Crippen LogP contribution in [0.2, 0.25) is 0 Å². The highest BCUT2D eigenvalue weighted by molar-refractivity contribution is 5.80. The SMILES string of the molecule is CCC(C)NC(=O)CNc1ccc(OC(C)C)cc1. The molecule has 106 valence electrons. The van der Waals surface area contributed by atoms with Crippen LogP contribution in [0, 0.1) is 0 Å². The molecule has 0 saturated heterocycles. The van der Waals surface area contributed by atoms with E-state index in [1.165, 1.54) is 0 Å². The average Bonchev–Trinajstić information content (AvgIpc) is 2.37. The Bertz CT molecular complexity index is 388. The molecule has 1 aromatic rings. The summed E-state index contributed by atoms with van der Waals surface area (Å²) in [4.78, 5) is 11.6. The van der Waals surface area contributed by atoms with Crippen LogP contribution in [0.15, 0.2) is 24.3 Å². The van der Waals surface area contributed by atoms with E-state index in [4.69, 9.17) is 4.74 Å². The number of carbonyl (C=O) groups excluding carboxylic acids is 1. The van der Waals surface area contributed by atoms with E-state index >= 15 is 0 Å². The zero-order valence-electron chi connectivity index (χ0n) is 12.2. The number of amides is 1. The molecule has 1 amide bonds. The molecule has 0 spiro atoms. The van der Waals surface area contributed by atoms with Crippen LogP contribution in [-0.2, 0) is 4.79 Å². The number of anilines is 1. The molecule has 2 N–H and O–H groups in total. The molecule has 4 nitrogen and oxygen atoms in total. The van der Waals surface area contributed by atoms with Gasteiger partial charge in [0.05, 0.1) is 12.6 Å². The molecule has 1 atom stereocenters. The lowest BCUT2D eigenvalue weighted by Gasteiger charge is -2.13. The molecule has 0 fully saturated rings. The number of ether oxygens (including phenoxy) is 1. The molecule has 0 bridgehead atoms. The van der Waals surface area contributed by atoms with Crippen molar-refractivity contribution in [2.75, 3.05) is 11.9 Å². The van der Waals surface area contributed by atoms with E-state index in [0.717, 1.165) is 17.9 Å². The van der Waals surface area contributed by atoms with Crippen molar-refractivity contribution in [3.8, 4) is 5.75 Å². The molecule has 0 radical (unpaired) electrons. The van der Waals surface area contributed by atoms with Crippen molar-refractivity contribution in [2.24, 2.45) is 0 Å². The Morgan fingerprint density at radius 1 is 1.21 bits per heavy atom. The van der Waals surface area contributed by atoms with Crippen LogP contribution in [0.4, 0.5) is 5.69 Å². The van der Waals surface area contributed by atoms with Crippen LogP contribution in [-0.4, -0.2) is 24.6 Å². The van der Waals surface area contributed by atoms with Crippen molar-refractivity contribution in [3.63, 3.8) is 0 Å². The van der Waals surface area contributed by atoms with Gasteiger partial charge in [-0.25, -0.2) is 0 Å². The summed E-state index contributed by atoms with van der Waals surface area (Å²) in [6.07, 6.45) is 1.10. The minimum Gasteiger partial charge on any atom is -0.491 e. The lowest BCUT2D eigenvalue weighted by Crippen LogP contribution is -2.36. The fourth-order valence-electron chi connectivity index (χ4n) is 1.53. The van der Waals surface area contributed by atoms with Crippen molar-refractivity contribution in [3.05, 3.63) is 24.3 Å². The summed E-state index contributed by atoms with van der Waals surface area (Å²) >= 11 is 0. The monoisotopic (exact) mass is 264 g/mol. The smallest absolute Gasteiger partial charge is 0.239 e. The van der Waals surface area contributed by atoms with E-state index in [-0.39, 0.29) is 24.6 Å². The summed E-state index contributed by atoms with van der Waals surface area (Å²) in [5.74, 6) is 0.849. The molecule has 0 aliphatic carbocycles. The summed E-state index contributed by atoms with van der Waals surface area (Å²) < 4.78 is 5.55. The maximum Gasteiger partial charge on any atom is 0.239 e. The Labute approximate surface area is 115 Å². The van der Waals surface area contributed by atoms with Crippen molar-refractivity contribution in [1.29, 1.82) is 0 Å². The Morgan fingerprint density at radius 3 is 2.37 bits per heavy atom. The highest BCUT2D eigenvalue weighted by Gasteiger charge is 2.05. The van der Waals surface area contributed by atoms with Gasteiger partial charge in [-0.15, -0.1) is 0 Å². The lowest BCUT2D eigenvalue weighted by molar-refractivity contribution is -0.120. The Hall–Kier alpha value is -1.71. The van der Waals surface area contributed by atoms with Crippen LogP contribution in [0.25, 0.3) is 0 Å². The summed E-state index contributed by atoms with van der Waals surface area (Å²) in [5, 5.41) is 6.00. The van der Waals surface area contributed by atoms with Crippen molar-refractivity contribution < 1.29 is 9.53 Å². The molecule has 0 aromatic heterocycles. The third-order valence-electron chi connectivity index (χ3n) is 2.70. The minimum absolute atomic E-state index is 0.0110. The maximum atomic E-state index is 11.6. The van der Waals surface area contributed by atoms with E-state index in [1.807, 2.05) is 52.0 Å². The summed E-state index contributed by atoms with van der Waals surface area (Å²) in [5.41, 5.74) is 0.912. The van der Waals surface area contributed by atoms with Gasteiger partial charge in [-0.1, -0.05) is 6.92 Å². The van der Waals surface area contributed by atoms with E-state index in [1.54, 1.807) is 0 Å². The highest BCUT2D eigenvalue weighted by atomic mass is 16.5. The molecular weight excluding hydrogens is 240 g/mol. The third kappa shape index (κ3) is 6.13. The first-order valence-corrected chi connectivity index (χ1v) is 6.81. The molecule has 0 heterocycles. The van der Waals surface area contributed by atoms with Crippen LogP contribution < -0.4 is 15.4 Å². The number of hydrogen-bond donors (Lipinski definition) is 2. The van der Waals surface area contributed by atoms with Gasteiger partial charge < -0.3 is 15.4 Å². The Kier molecular flexibility index (Phi) is 6.19. The second-order valence-electron chi connectivity index (χ2n) is 4.92. The fraction of sp³-hybridized carbons (Fsp3) is 0.533. The van der Waals surface area contributed by atoms with Gasteiger partial charge in [-0.05, 0) is 51.5 Å².